The van der Waals surface area contributed by atoms with Gasteiger partial charge in [-0.3, -0.25) is 0 Å². The zero-order valence-electron chi connectivity index (χ0n) is 15.9. The minimum absolute atomic E-state index is 0.103. The van der Waals surface area contributed by atoms with Crippen LogP contribution in [0.1, 0.15) is 12.5 Å². The lowest BCUT2D eigenvalue weighted by molar-refractivity contribution is 0.330. The fourth-order valence-corrected chi connectivity index (χ4v) is 2.81. The molecule has 30 heavy (non-hydrogen) atoms. The van der Waals surface area contributed by atoms with Crippen molar-refractivity contribution >= 4 is 17.1 Å². The van der Waals surface area contributed by atoms with Crippen LogP contribution in [0.4, 0.5) is 19.1 Å². The minimum atomic E-state index is -0.750. The Morgan fingerprint density at radius 3 is 2.43 bits per heavy atom. The summed E-state index contributed by atoms with van der Waals surface area (Å²) in [5.41, 5.74) is 1.65. The Balaban J connectivity index is 1.68. The molecule has 6 nitrogen and oxygen atoms in total. The predicted octanol–water partition coefficient (Wildman–Crippen LogP) is 4.51. The maximum Gasteiger partial charge on any atom is 0.247 e. The van der Waals surface area contributed by atoms with Crippen molar-refractivity contribution in [1.82, 2.24) is 19.9 Å². The predicted molar refractivity (Wildman–Crippen MR) is 105 cm³/mol. The van der Waals surface area contributed by atoms with E-state index < -0.39 is 11.6 Å². The van der Waals surface area contributed by atoms with E-state index in [-0.39, 0.29) is 40.1 Å². The van der Waals surface area contributed by atoms with Gasteiger partial charge in [0.1, 0.15) is 17.5 Å². The topological polar surface area (TPSA) is 72.8 Å². The monoisotopic (exact) mass is 411 g/mol. The molecule has 2 heterocycles. The van der Waals surface area contributed by atoms with E-state index in [0.717, 1.165) is 17.7 Å². The van der Waals surface area contributed by atoms with Crippen LogP contribution in [-0.2, 0) is 6.54 Å². The SMILES string of the molecule is CCOc1nc(NCc2ccc(F)cc2)nc2ncc(-c3ccc(F)cc3F)nc12. The van der Waals surface area contributed by atoms with Gasteiger partial charge < -0.3 is 10.1 Å². The van der Waals surface area contributed by atoms with Gasteiger partial charge >= 0.3 is 0 Å². The summed E-state index contributed by atoms with van der Waals surface area (Å²) in [5.74, 6) is -1.31. The zero-order chi connectivity index (χ0) is 21.1. The van der Waals surface area contributed by atoms with Gasteiger partial charge in [-0.2, -0.15) is 9.97 Å². The third-order valence-corrected chi connectivity index (χ3v) is 4.23. The third kappa shape index (κ3) is 4.14. The van der Waals surface area contributed by atoms with Crippen molar-refractivity contribution < 1.29 is 17.9 Å². The number of nitrogens with zero attached hydrogens (tertiary/aromatic N) is 4. The molecular formula is C21H16F3N5O. The van der Waals surface area contributed by atoms with E-state index in [1.165, 1.54) is 24.4 Å². The van der Waals surface area contributed by atoms with Crippen LogP contribution in [0, 0.1) is 17.5 Å². The number of benzene rings is 2. The van der Waals surface area contributed by atoms with E-state index in [1.807, 2.05) is 0 Å². The normalized spacial score (nSPS) is 10.9. The molecule has 4 rings (SSSR count). The van der Waals surface area contributed by atoms with Crippen LogP contribution in [0.15, 0.2) is 48.7 Å². The number of halogens is 3. The highest BCUT2D eigenvalue weighted by Crippen LogP contribution is 2.26. The van der Waals surface area contributed by atoms with Crippen LogP contribution in [0.5, 0.6) is 5.88 Å². The average Bonchev–Trinajstić information content (AvgIpc) is 2.73. The number of hydrogen-bond acceptors (Lipinski definition) is 6. The van der Waals surface area contributed by atoms with Crippen LogP contribution in [0.2, 0.25) is 0 Å². The zero-order valence-corrected chi connectivity index (χ0v) is 15.9. The highest BCUT2D eigenvalue weighted by atomic mass is 19.1. The molecule has 0 amide bonds. The van der Waals surface area contributed by atoms with Gasteiger partial charge in [0.2, 0.25) is 11.8 Å². The molecule has 1 N–H and O–H groups in total. The first-order valence-corrected chi connectivity index (χ1v) is 9.15. The summed E-state index contributed by atoms with van der Waals surface area (Å²) >= 11 is 0. The molecule has 0 spiro atoms. The molecule has 0 aliphatic heterocycles. The van der Waals surface area contributed by atoms with Gasteiger partial charge in [-0.05, 0) is 36.8 Å². The van der Waals surface area contributed by atoms with Gasteiger partial charge in [0.15, 0.2) is 11.2 Å². The second kappa shape index (κ2) is 8.32. The molecule has 2 aromatic heterocycles. The highest BCUT2D eigenvalue weighted by molar-refractivity contribution is 5.79. The van der Waals surface area contributed by atoms with Crippen molar-refractivity contribution in [1.29, 1.82) is 0 Å². The Kier molecular flexibility index (Phi) is 5.42. The van der Waals surface area contributed by atoms with Crippen molar-refractivity contribution in [3.05, 3.63) is 71.7 Å². The van der Waals surface area contributed by atoms with E-state index in [0.29, 0.717) is 13.2 Å². The molecule has 0 radical (unpaired) electrons. The van der Waals surface area contributed by atoms with Crippen LogP contribution in [0.3, 0.4) is 0 Å². The summed E-state index contributed by atoms with van der Waals surface area (Å²) < 4.78 is 45.9. The van der Waals surface area contributed by atoms with Crippen molar-refractivity contribution in [3.63, 3.8) is 0 Å². The van der Waals surface area contributed by atoms with E-state index in [9.17, 15) is 13.2 Å². The van der Waals surface area contributed by atoms with Gasteiger partial charge in [0, 0.05) is 18.2 Å². The summed E-state index contributed by atoms with van der Waals surface area (Å²) in [7, 11) is 0. The minimum Gasteiger partial charge on any atom is -0.476 e. The molecule has 0 aliphatic carbocycles. The summed E-state index contributed by atoms with van der Waals surface area (Å²) in [6.45, 7) is 2.47. The number of anilines is 1. The smallest absolute Gasteiger partial charge is 0.247 e. The third-order valence-electron chi connectivity index (χ3n) is 4.23. The van der Waals surface area contributed by atoms with E-state index in [1.54, 1.807) is 19.1 Å². The number of fused-ring (bicyclic) bond motifs is 1. The lowest BCUT2D eigenvalue weighted by atomic mass is 10.1. The molecule has 9 heteroatoms. The van der Waals surface area contributed by atoms with Crippen LogP contribution < -0.4 is 10.1 Å². The molecule has 4 aromatic rings. The highest BCUT2D eigenvalue weighted by Gasteiger charge is 2.15. The number of aromatic nitrogens is 4. The largest absolute Gasteiger partial charge is 0.476 e. The lowest BCUT2D eigenvalue weighted by Crippen LogP contribution is -2.07. The quantitative estimate of drug-likeness (QED) is 0.503. The van der Waals surface area contributed by atoms with Crippen molar-refractivity contribution in [3.8, 4) is 17.1 Å². The van der Waals surface area contributed by atoms with Gasteiger partial charge in [0.05, 0.1) is 18.5 Å². The fourth-order valence-electron chi connectivity index (χ4n) is 2.81. The number of rotatable bonds is 6. The molecule has 2 aromatic carbocycles. The molecule has 0 bridgehead atoms. The standard InChI is InChI=1S/C21H16F3N5O/c1-2-30-20-18-19(25-11-17(27-18)15-8-7-14(23)9-16(15)24)28-21(29-20)26-10-12-3-5-13(22)6-4-12/h3-9,11H,2,10H2,1H3,(H,25,26,28,29). The summed E-state index contributed by atoms with van der Waals surface area (Å²) in [6, 6.07) is 9.25. The number of nitrogens with one attached hydrogen (secondary N) is 1. The van der Waals surface area contributed by atoms with Gasteiger partial charge in [-0.25, -0.2) is 23.1 Å². The average molecular weight is 411 g/mol. The van der Waals surface area contributed by atoms with Crippen LogP contribution >= 0.6 is 0 Å². The first kappa shape index (κ1) is 19.6. The van der Waals surface area contributed by atoms with Crippen molar-refractivity contribution in [2.24, 2.45) is 0 Å². The molecule has 152 valence electrons. The Hall–Kier alpha value is -3.75. The van der Waals surface area contributed by atoms with Gasteiger partial charge in [-0.1, -0.05) is 12.1 Å². The Morgan fingerprint density at radius 2 is 1.70 bits per heavy atom. The summed E-state index contributed by atoms with van der Waals surface area (Å²) in [4.78, 5) is 17.3. The molecule has 0 aliphatic rings. The number of ether oxygens (including phenoxy) is 1. The number of hydrogen-bond donors (Lipinski definition) is 1. The Bertz CT molecular complexity index is 1200. The Labute approximate surface area is 169 Å². The molecule has 0 atom stereocenters. The molecule has 0 fully saturated rings. The Morgan fingerprint density at radius 1 is 0.933 bits per heavy atom. The van der Waals surface area contributed by atoms with Crippen molar-refractivity contribution in [2.45, 2.75) is 13.5 Å². The molecule has 0 unspecified atom stereocenters. The summed E-state index contributed by atoms with van der Waals surface area (Å²) in [5, 5.41) is 3.04. The van der Waals surface area contributed by atoms with Crippen molar-refractivity contribution in [2.75, 3.05) is 11.9 Å². The maximum atomic E-state index is 14.1. The molecule has 0 saturated carbocycles. The second-order valence-corrected chi connectivity index (χ2v) is 6.32. The first-order valence-electron chi connectivity index (χ1n) is 9.15. The molecular weight excluding hydrogens is 395 g/mol. The lowest BCUT2D eigenvalue weighted by Gasteiger charge is -2.11. The van der Waals surface area contributed by atoms with Crippen LogP contribution in [-0.4, -0.2) is 26.5 Å². The van der Waals surface area contributed by atoms with E-state index >= 15 is 0 Å². The maximum absolute atomic E-state index is 14.1. The van der Waals surface area contributed by atoms with E-state index in [4.69, 9.17) is 4.74 Å². The fraction of sp³-hybridized carbons (Fsp3) is 0.143. The van der Waals surface area contributed by atoms with E-state index in [2.05, 4.69) is 25.3 Å². The summed E-state index contributed by atoms with van der Waals surface area (Å²) in [6.07, 6.45) is 1.35. The van der Waals surface area contributed by atoms with Crippen LogP contribution in [0.25, 0.3) is 22.4 Å². The van der Waals surface area contributed by atoms with Gasteiger partial charge in [-0.15, -0.1) is 0 Å². The molecule has 0 saturated heterocycles. The van der Waals surface area contributed by atoms with Gasteiger partial charge in [0.25, 0.3) is 0 Å². The first-order chi connectivity index (χ1) is 14.5. The second-order valence-electron chi connectivity index (χ2n) is 6.32.